The zero-order valence-electron chi connectivity index (χ0n) is 11.2. The number of hydrogen-bond acceptors (Lipinski definition) is 4. The first kappa shape index (κ1) is 14.7. The second-order valence-corrected chi connectivity index (χ2v) is 4.07. The molecular formula is C14H20O4. The molecule has 0 unspecified atom stereocenters. The Morgan fingerprint density at radius 2 is 1.83 bits per heavy atom. The van der Waals surface area contributed by atoms with Gasteiger partial charge in [0.15, 0.2) is 6.29 Å². The van der Waals surface area contributed by atoms with Gasteiger partial charge in [0.1, 0.15) is 12.4 Å². The third-order valence-electron chi connectivity index (χ3n) is 2.48. The van der Waals surface area contributed by atoms with Gasteiger partial charge in [0.05, 0.1) is 25.4 Å². The van der Waals surface area contributed by atoms with E-state index in [1.165, 1.54) is 0 Å². The molecule has 0 heterocycles. The number of carbonyl (C=O) groups excluding carboxylic acids is 1. The van der Waals surface area contributed by atoms with Crippen LogP contribution in [0.2, 0.25) is 0 Å². The van der Waals surface area contributed by atoms with Gasteiger partial charge in [0.25, 0.3) is 0 Å². The summed E-state index contributed by atoms with van der Waals surface area (Å²) in [6.45, 7) is 5.92. The van der Waals surface area contributed by atoms with Crippen LogP contribution in [-0.2, 0) is 9.47 Å². The molecule has 0 radical (unpaired) electrons. The summed E-state index contributed by atoms with van der Waals surface area (Å²) in [4.78, 5) is 11.0. The number of carbonyl (C=O) groups is 1. The fraction of sp³-hybridized carbons (Fsp3) is 0.500. The molecule has 4 heteroatoms. The third kappa shape index (κ3) is 4.47. The van der Waals surface area contributed by atoms with Crippen molar-refractivity contribution in [3.8, 4) is 5.75 Å². The Bertz CT molecular complexity index is 388. The molecule has 1 aromatic rings. The molecule has 0 N–H and O–H groups in total. The van der Waals surface area contributed by atoms with Crippen molar-refractivity contribution >= 4 is 6.29 Å². The first-order chi connectivity index (χ1) is 8.69. The summed E-state index contributed by atoms with van der Waals surface area (Å²) in [5, 5.41) is 0. The van der Waals surface area contributed by atoms with Crippen molar-refractivity contribution in [2.75, 3.05) is 33.5 Å². The molecule has 0 aliphatic carbocycles. The number of ether oxygens (including phenoxy) is 3. The van der Waals surface area contributed by atoms with E-state index in [9.17, 15) is 4.79 Å². The molecule has 100 valence electrons. The van der Waals surface area contributed by atoms with Gasteiger partial charge >= 0.3 is 0 Å². The van der Waals surface area contributed by atoms with Crippen LogP contribution in [0.25, 0.3) is 0 Å². The van der Waals surface area contributed by atoms with Gasteiger partial charge in [-0.2, -0.15) is 0 Å². The van der Waals surface area contributed by atoms with Gasteiger partial charge in [-0.15, -0.1) is 0 Å². The van der Waals surface area contributed by atoms with E-state index in [0.29, 0.717) is 37.7 Å². The Labute approximate surface area is 108 Å². The van der Waals surface area contributed by atoms with Crippen molar-refractivity contribution in [3.63, 3.8) is 0 Å². The summed E-state index contributed by atoms with van der Waals surface area (Å²) >= 11 is 0. The highest BCUT2D eigenvalue weighted by atomic mass is 16.5. The molecular weight excluding hydrogens is 232 g/mol. The van der Waals surface area contributed by atoms with Crippen LogP contribution < -0.4 is 4.74 Å². The minimum absolute atomic E-state index is 0.425. The average Bonchev–Trinajstić information content (AvgIpc) is 2.35. The van der Waals surface area contributed by atoms with Gasteiger partial charge in [-0.3, -0.25) is 4.79 Å². The Balaban J connectivity index is 2.49. The van der Waals surface area contributed by atoms with E-state index < -0.39 is 0 Å². The maximum atomic E-state index is 11.0. The largest absolute Gasteiger partial charge is 0.490 e. The second-order valence-electron chi connectivity index (χ2n) is 4.07. The predicted molar refractivity (Wildman–Crippen MR) is 69.5 cm³/mol. The van der Waals surface area contributed by atoms with E-state index in [-0.39, 0.29) is 0 Å². The summed E-state index contributed by atoms with van der Waals surface area (Å²) < 4.78 is 15.8. The van der Waals surface area contributed by atoms with Crippen LogP contribution in [0.5, 0.6) is 5.75 Å². The Hall–Kier alpha value is -1.39. The molecule has 0 bridgehead atoms. The lowest BCUT2D eigenvalue weighted by atomic mass is 10.1. The van der Waals surface area contributed by atoms with Gasteiger partial charge in [0.2, 0.25) is 0 Å². The molecule has 0 fully saturated rings. The van der Waals surface area contributed by atoms with Gasteiger partial charge in [-0.1, -0.05) is 6.07 Å². The number of benzene rings is 1. The van der Waals surface area contributed by atoms with Crippen LogP contribution >= 0.6 is 0 Å². The molecule has 1 aromatic carbocycles. The topological polar surface area (TPSA) is 44.8 Å². The van der Waals surface area contributed by atoms with Crippen molar-refractivity contribution in [1.29, 1.82) is 0 Å². The number of methoxy groups -OCH3 is 1. The first-order valence-corrected chi connectivity index (χ1v) is 5.95. The Morgan fingerprint density at radius 3 is 2.50 bits per heavy atom. The summed E-state index contributed by atoms with van der Waals surface area (Å²) in [7, 11) is 1.63. The van der Waals surface area contributed by atoms with Gasteiger partial charge in [-0.25, -0.2) is 0 Å². The van der Waals surface area contributed by atoms with Crippen LogP contribution in [0.1, 0.15) is 21.5 Å². The molecule has 0 saturated carbocycles. The lowest BCUT2D eigenvalue weighted by Gasteiger charge is -2.12. The van der Waals surface area contributed by atoms with Crippen molar-refractivity contribution in [2.24, 2.45) is 0 Å². The number of aldehydes is 1. The van der Waals surface area contributed by atoms with Crippen molar-refractivity contribution in [3.05, 3.63) is 28.8 Å². The fourth-order valence-electron chi connectivity index (χ4n) is 1.72. The molecule has 0 aromatic heterocycles. The monoisotopic (exact) mass is 252 g/mol. The highest BCUT2D eigenvalue weighted by Gasteiger charge is 2.07. The summed E-state index contributed by atoms with van der Waals surface area (Å²) in [5.74, 6) is 0.644. The summed E-state index contributed by atoms with van der Waals surface area (Å²) in [5.41, 5.74) is 2.61. The molecule has 0 aliphatic rings. The highest BCUT2D eigenvalue weighted by molar-refractivity contribution is 5.80. The van der Waals surface area contributed by atoms with Crippen LogP contribution in [0.3, 0.4) is 0 Å². The first-order valence-electron chi connectivity index (χ1n) is 5.95. The zero-order chi connectivity index (χ0) is 13.4. The fourth-order valence-corrected chi connectivity index (χ4v) is 1.72. The van der Waals surface area contributed by atoms with E-state index >= 15 is 0 Å². The summed E-state index contributed by atoms with van der Waals surface area (Å²) in [6, 6.07) is 3.81. The average molecular weight is 252 g/mol. The standard InChI is InChI=1S/C14H20O4/c1-11-8-12(2)14(13(9-11)10-15)18-7-6-17-5-4-16-3/h8-10H,4-7H2,1-3H3. The molecule has 18 heavy (non-hydrogen) atoms. The predicted octanol–water partition coefficient (Wildman–Crippen LogP) is 2.16. The maximum absolute atomic E-state index is 11.0. The molecule has 0 aliphatic heterocycles. The number of rotatable bonds is 8. The van der Waals surface area contributed by atoms with Gasteiger partial charge in [-0.05, 0) is 31.0 Å². The molecule has 4 nitrogen and oxygen atoms in total. The van der Waals surface area contributed by atoms with Crippen LogP contribution in [-0.4, -0.2) is 39.8 Å². The van der Waals surface area contributed by atoms with Crippen LogP contribution in [0.15, 0.2) is 12.1 Å². The van der Waals surface area contributed by atoms with Gasteiger partial charge in [0, 0.05) is 7.11 Å². The van der Waals surface area contributed by atoms with E-state index in [1.54, 1.807) is 7.11 Å². The molecule has 1 rings (SSSR count). The minimum Gasteiger partial charge on any atom is -0.490 e. The van der Waals surface area contributed by atoms with E-state index in [2.05, 4.69) is 0 Å². The summed E-state index contributed by atoms with van der Waals surface area (Å²) in [6.07, 6.45) is 0.821. The van der Waals surface area contributed by atoms with E-state index in [4.69, 9.17) is 14.2 Å². The quantitative estimate of drug-likeness (QED) is 0.525. The highest BCUT2D eigenvalue weighted by Crippen LogP contribution is 2.23. The lowest BCUT2D eigenvalue weighted by Crippen LogP contribution is -2.11. The lowest BCUT2D eigenvalue weighted by molar-refractivity contribution is 0.0541. The minimum atomic E-state index is 0.425. The molecule has 0 amide bonds. The van der Waals surface area contributed by atoms with Gasteiger partial charge < -0.3 is 14.2 Å². The second kappa shape index (κ2) is 7.84. The molecule has 0 atom stereocenters. The Kier molecular flexibility index (Phi) is 6.39. The smallest absolute Gasteiger partial charge is 0.153 e. The van der Waals surface area contributed by atoms with Crippen LogP contribution in [0.4, 0.5) is 0 Å². The van der Waals surface area contributed by atoms with Crippen molar-refractivity contribution < 1.29 is 19.0 Å². The van der Waals surface area contributed by atoms with Crippen molar-refractivity contribution in [2.45, 2.75) is 13.8 Å². The maximum Gasteiger partial charge on any atom is 0.153 e. The number of aryl methyl sites for hydroxylation is 2. The Morgan fingerprint density at radius 1 is 1.11 bits per heavy atom. The molecule has 0 saturated heterocycles. The van der Waals surface area contributed by atoms with E-state index in [1.807, 2.05) is 26.0 Å². The zero-order valence-corrected chi connectivity index (χ0v) is 11.2. The van der Waals surface area contributed by atoms with Crippen LogP contribution in [0, 0.1) is 13.8 Å². The normalized spacial score (nSPS) is 10.4. The molecule has 0 spiro atoms. The van der Waals surface area contributed by atoms with E-state index in [0.717, 1.165) is 17.4 Å². The SMILES string of the molecule is COCCOCCOc1c(C)cc(C)cc1C=O. The third-order valence-corrected chi connectivity index (χ3v) is 2.48. The van der Waals surface area contributed by atoms with Crippen molar-refractivity contribution in [1.82, 2.24) is 0 Å². The number of hydrogen-bond donors (Lipinski definition) is 0.